The van der Waals surface area contributed by atoms with Crippen LogP contribution in [0.15, 0.2) is 18.2 Å². The van der Waals surface area contributed by atoms with Crippen LogP contribution >= 0.6 is 0 Å². The third-order valence-electron chi connectivity index (χ3n) is 1.78. The van der Waals surface area contributed by atoms with Gasteiger partial charge in [-0.25, -0.2) is 8.78 Å². The number of hydrogen-bond acceptors (Lipinski definition) is 2. The lowest BCUT2D eigenvalue weighted by Crippen LogP contribution is -1.98. The molecule has 0 aliphatic carbocycles. The van der Waals surface area contributed by atoms with Crippen LogP contribution in [0.5, 0.6) is 5.75 Å². The van der Waals surface area contributed by atoms with E-state index in [-0.39, 0.29) is 5.75 Å². The van der Waals surface area contributed by atoms with Crippen molar-refractivity contribution in [3.05, 3.63) is 29.8 Å². The molecule has 2 nitrogen and oxygen atoms in total. The Morgan fingerprint density at radius 1 is 1.13 bits per heavy atom. The first-order valence-corrected chi connectivity index (χ1v) is 4.66. The van der Waals surface area contributed by atoms with E-state index in [1.54, 1.807) is 6.29 Å². The van der Waals surface area contributed by atoms with Gasteiger partial charge in [-0.15, -0.1) is 0 Å². The average molecular weight is 213 g/mol. The van der Waals surface area contributed by atoms with Gasteiger partial charge in [-0.2, -0.15) is 0 Å². The van der Waals surface area contributed by atoms with Crippen LogP contribution in [0.25, 0.3) is 0 Å². The van der Waals surface area contributed by atoms with E-state index in [9.17, 15) is 13.6 Å². The minimum atomic E-state index is -0.661. The molecule has 1 radical (unpaired) electrons. The monoisotopic (exact) mass is 213 g/mol. The molecule has 0 atom stereocenters. The Bertz CT molecular complexity index is 306. The zero-order chi connectivity index (χ0) is 11.1. The SMILES string of the molecule is O=[C]CCCCOc1cc(F)cc(F)c1. The predicted octanol–water partition coefficient (Wildman–Crippen LogP) is 2.62. The number of benzene rings is 1. The molecule has 0 heterocycles. The van der Waals surface area contributed by atoms with Crippen molar-refractivity contribution in [1.82, 2.24) is 0 Å². The van der Waals surface area contributed by atoms with E-state index in [0.717, 1.165) is 18.2 Å². The highest BCUT2D eigenvalue weighted by atomic mass is 19.1. The van der Waals surface area contributed by atoms with Gasteiger partial charge in [0.2, 0.25) is 0 Å². The molecule has 0 saturated heterocycles. The average Bonchev–Trinajstić information content (AvgIpc) is 2.16. The molecule has 1 rings (SSSR count). The van der Waals surface area contributed by atoms with E-state index in [0.29, 0.717) is 25.9 Å². The third kappa shape index (κ3) is 4.54. The molecule has 81 valence electrons. The van der Waals surface area contributed by atoms with Crippen molar-refractivity contribution in [3.63, 3.8) is 0 Å². The molecule has 0 spiro atoms. The van der Waals surface area contributed by atoms with E-state index in [1.165, 1.54) is 0 Å². The highest BCUT2D eigenvalue weighted by molar-refractivity contribution is 5.50. The summed E-state index contributed by atoms with van der Waals surface area (Å²) >= 11 is 0. The van der Waals surface area contributed by atoms with E-state index < -0.39 is 11.6 Å². The molecule has 0 aliphatic heterocycles. The number of carbonyl (C=O) groups excluding carboxylic acids is 1. The van der Waals surface area contributed by atoms with Crippen molar-refractivity contribution in [3.8, 4) is 5.75 Å². The van der Waals surface area contributed by atoms with Gasteiger partial charge in [0, 0.05) is 24.6 Å². The van der Waals surface area contributed by atoms with Gasteiger partial charge in [-0.1, -0.05) is 0 Å². The second-order valence-corrected chi connectivity index (χ2v) is 3.06. The highest BCUT2D eigenvalue weighted by Crippen LogP contribution is 2.15. The summed E-state index contributed by atoms with van der Waals surface area (Å²) in [7, 11) is 0. The molecule has 0 aliphatic rings. The molecule has 15 heavy (non-hydrogen) atoms. The minimum Gasteiger partial charge on any atom is -0.493 e. The lowest BCUT2D eigenvalue weighted by Gasteiger charge is -2.05. The summed E-state index contributed by atoms with van der Waals surface area (Å²) in [6.45, 7) is 0.338. The number of hydrogen-bond donors (Lipinski definition) is 0. The Hall–Kier alpha value is -1.45. The van der Waals surface area contributed by atoms with Crippen LogP contribution in [0.3, 0.4) is 0 Å². The summed E-state index contributed by atoms with van der Waals surface area (Å²) in [6.07, 6.45) is 3.45. The van der Waals surface area contributed by atoms with Gasteiger partial charge in [0.1, 0.15) is 17.4 Å². The summed E-state index contributed by atoms with van der Waals surface area (Å²) in [5.74, 6) is -1.15. The van der Waals surface area contributed by atoms with E-state index in [4.69, 9.17) is 4.74 Å². The summed E-state index contributed by atoms with van der Waals surface area (Å²) in [5, 5.41) is 0. The van der Waals surface area contributed by atoms with Crippen molar-refractivity contribution in [1.29, 1.82) is 0 Å². The molecule has 1 aromatic carbocycles. The van der Waals surface area contributed by atoms with E-state index in [2.05, 4.69) is 0 Å². The molecule has 0 amide bonds. The molecular weight excluding hydrogens is 202 g/mol. The number of rotatable bonds is 6. The van der Waals surface area contributed by atoms with Crippen LogP contribution in [0.4, 0.5) is 8.78 Å². The quantitative estimate of drug-likeness (QED) is 0.679. The summed E-state index contributed by atoms with van der Waals surface area (Å²) in [5.41, 5.74) is 0. The van der Waals surface area contributed by atoms with E-state index in [1.807, 2.05) is 0 Å². The largest absolute Gasteiger partial charge is 0.493 e. The molecule has 4 heteroatoms. The smallest absolute Gasteiger partial charge is 0.198 e. The lowest BCUT2D eigenvalue weighted by atomic mass is 10.2. The maximum absolute atomic E-state index is 12.7. The number of unbranched alkanes of at least 4 members (excludes halogenated alkanes) is 2. The van der Waals surface area contributed by atoms with Crippen molar-refractivity contribution >= 4 is 6.29 Å². The molecule has 0 saturated carbocycles. The van der Waals surface area contributed by atoms with Gasteiger partial charge in [0.25, 0.3) is 0 Å². The van der Waals surface area contributed by atoms with Gasteiger partial charge in [-0.3, -0.25) is 4.79 Å². The highest BCUT2D eigenvalue weighted by Gasteiger charge is 2.00. The van der Waals surface area contributed by atoms with Crippen LogP contribution in [0.2, 0.25) is 0 Å². The molecule has 0 bridgehead atoms. The fraction of sp³-hybridized carbons (Fsp3) is 0.364. The molecule has 1 aromatic rings. The van der Waals surface area contributed by atoms with Gasteiger partial charge in [0.15, 0.2) is 6.29 Å². The van der Waals surface area contributed by atoms with Crippen LogP contribution in [-0.4, -0.2) is 12.9 Å². The number of halogens is 2. The summed E-state index contributed by atoms with van der Waals surface area (Å²) < 4.78 is 30.5. The predicted molar refractivity (Wildman–Crippen MR) is 51.4 cm³/mol. The lowest BCUT2D eigenvalue weighted by molar-refractivity contribution is 0.304. The normalized spacial score (nSPS) is 10.0. The Labute approximate surface area is 86.9 Å². The Balaban J connectivity index is 2.33. The van der Waals surface area contributed by atoms with Crippen molar-refractivity contribution in [2.24, 2.45) is 0 Å². The van der Waals surface area contributed by atoms with Gasteiger partial charge in [-0.05, 0) is 12.8 Å². The first-order valence-electron chi connectivity index (χ1n) is 4.66. The van der Waals surface area contributed by atoms with Gasteiger partial charge >= 0.3 is 0 Å². The van der Waals surface area contributed by atoms with Crippen LogP contribution < -0.4 is 4.74 Å². The van der Waals surface area contributed by atoms with Crippen molar-refractivity contribution < 1.29 is 18.3 Å². The second kappa shape index (κ2) is 6.11. The van der Waals surface area contributed by atoms with Gasteiger partial charge in [0.05, 0.1) is 6.61 Å². The summed E-state index contributed by atoms with van der Waals surface area (Å²) in [4.78, 5) is 9.86. The zero-order valence-corrected chi connectivity index (χ0v) is 8.13. The maximum atomic E-state index is 12.7. The second-order valence-electron chi connectivity index (χ2n) is 3.06. The van der Waals surface area contributed by atoms with Crippen LogP contribution in [0, 0.1) is 11.6 Å². The number of ether oxygens (including phenoxy) is 1. The molecular formula is C11H11F2O2. The van der Waals surface area contributed by atoms with Gasteiger partial charge < -0.3 is 4.74 Å². The standard InChI is InChI=1S/C11H11F2O2/c12-9-6-10(13)8-11(7-9)15-5-3-1-2-4-14/h6-8H,1-3,5H2. The Morgan fingerprint density at radius 3 is 2.40 bits per heavy atom. The molecule has 0 fully saturated rings. The molecule has 0 N–H and O–H groups in total. The maximum Gasteiger partial charge on any atom is 0.198 e. The first kappa shape index (κ1) is 11.6. The Morgan fingerprint density at radius 2 is 1.80 bits per heavy atom. The Kier molecular flexibility index (Phi) is 4.74. The minimum absolute atomic E-state index is 0.169. The van der Waals surface area contributed by atoms with Crippen LogP contribution in [-0.2, 0) is 4.79 Å². The van der Waals surface area contributed by atoms with Crippen molar-refractivity contribution in [2.75, 3.05) is 6.61 Å². The zero-order valence-electron chi connectivity index (χ0n) is 8.13. The van der Waals surface area contributed by atoms with E-state index >= 15 is 0 Å². The topological polar surface area (TPSA) is 26.3 Å². The fourth-order valence-corrected chi connectivity index (χ4v) is 1.10. The molecule has 0 unspecified atom stereocenters. The fourth-order valence-electron chi connectivity index (χ4n) is 1.10. The van der Waals surface area contributed by atoms with Crippen LogP contribution in [0.1, 0.15) is 19.3 Å². The first-order chi connectivity index (χ1) is 7.22. The third-order valence-corrected chi connectivity index (χ3v) is 1.78. The molecule has 0 aromatic heterocycles. The van der Waals surface area contributed by atoms with Crippen molar-refractivity contribution in [2.45, 2.75) is 19.3 Å². The summed E-state index contributed by atoms with van der Waals surface area (Å²) in [6, 6.07) is 3.03.